The van der Waals surface area contributed by atoms with Gasteiger partial charge in [-0.1, -0.05) is 56.0 Å². The normalized spacial score (nSPS) is 15.2. The Labute approximate surface area is 224 Å². The first-order valence-electron chi connectivity index (χ1n) is 12.6. The highest BCUT2D eigenvalue weighted by atomic mass is 35.5. The third-order valence-electron chi connectivity index (χ3n) is 6.72. The highest BCUT2D eigenvalue weighted by Gasteiger charge is 2.33. The average molecular weight is 552 g/mol. The predicted molar refractivity (Wildman–Crippen MR) is 144 cm³/mol. The molecule has 37 heavy (non-hydrogen) atoms. The van der Waals surface area contributed by atoms with E-state index in [0.717, 1.165) is 42.7 Å². The van der Waals surface area contributed by atoms with Crippen LogP contribution < -0.4 is 9.62 Å². The van der Waals surface area contributed by atoms with Gasteiger partial charge in [-0.3, -0.25) is 13.9 Å². The molecule has 1 N–H and O–H groups in total. The molecule has 0 unspecified atom stereocenters. The van der Waals surface area contributed by atoms with E-state index in [2.05, 4.69) is 5.32 Å². The van der Waals surface area contributed by atoms with Crippen molar-refractivity contribution in [1.82, 2.24) is 10.2 Å². The molecule has 0 bridgehead atoms. The van der Waals surface area contributed by atoms with Crippen LogP contribution in [0.15, 0.2) is 42.5 Å². The molecule has 0 radical (unpaired) electrons. The number of amides is 2. The van der Waals surface area contributed by atoms with E-state index < -0.39 is 34.3 Å². The third-order valence-corrected chi connectivity index (χ3v) is 8.08. The van der Waals surface area contributed by atoms with Crippen LogP contribution in [0.3, 0.4) is 0 Å². The van der Waals surface area contributed by atoms with Crippen LogP contribution in [-0.4, -0.2) is 50.0 Å². The second kappa shape index (κ2) is 12.7. The molecule has 1 aliphatic carbocycles. The molecule has 0 aliphatic heterocycles. The number of nitrogens with one attached hydrogen (secondary N) is 1. The first-order chi connectivity index (χ1) is 17.5. The Morgan fingerprint density at radius 2 is 1.76 bits per heavy atom. The van der Waals surface area contributed by atoms with Gasteiger partial charge in [-0.05, 0) is 61.6 Å². The second-order valence-electron chi connectivity index (χ2n) is 9.62. The summed E-state index contributed by atoms with van der Waals surface area (Å²) in [7, 11) is -3.86. The molecule has 2 amide bonds. The highest BCUT2D eigenvalue weighted by Crippen LogP contribution is 2.27. The molecule has 3 rings (SSSR count). The Morgan fingerprint density at radius 1 is 1.11 bits per heavy atom. The molecule has 0 saturated heterocycles. The van der Waals surface area contributed by atoms with Gasteiger partial charge in [0.15, 0.2) is 0 Å². The van der Waals surface area contributed by atoms with Crippen molar-refractivity contribution < 1.29 is 22.4 Å². The lowest BCUT2D eigenvalue weighted by atomic mass is 9.95. The Morgan fingerprint density at radius 3 is 2.35 bits per heavy atom. The van der Waals surface area contributed by atoms with Crippen LogP contribution in [0.4, 0.5) is 10.1 Å². The zero-order valence-electron chi connectivity index (χ0n) is 21.5. The standard InChI is InChI=1S/C27H35ClFN3O4S/c1-4-24(27(34)30-23-8-6-5-7-9-23)31(17-20-11-14-22(29)15-12-20)26(33)18-32(37(3,35)36)25-16-21(28)13-10-19(25)2/h10-16,23-24H,4-9,17-18H2,1-3H3,(H,30,34)/t24-/m0/s1. The van der Waals surface area contributed by atoms with Gasteiger partial charge in [-0.25, -0.2) is 12.8 Å². The zero-order chi connectivity index (χ0) is 27.2. The van der Waals surface area contributed by atoms with Gasteiger partial charge in [-0.15, -0.1) is 0 Å². The number of anilines is 1. The summed E-state index contributed by atoms with van der Waals surface area (Å²) in [6.45, 7) is 3.07. The van der Waals surface area contributed by atoms with Gasteiger partial charge in [-0.2, -0.15) is 0 Å². The van der Waals surface area contributed by atoms with E-state index in [4.69, 9.17) is 11.6 Å². The summed E-state index contributed by atoms with van der Waals surface area (Å²) in [4.78, 5) is 28.5. The number of halogens is 2. The van der Waals surface area contributed by atoms with E-state index in [0.29, 0.717) is 28.3 Å². The number of nitrogens with zero attached hydrogens (tertiary/aromatic N) is 2. The van der Waals surface area contributed by atoms with Crippen molar-refractivity contribution >= 4 is 39.1 Å². The van der Waals surface area contributed by atoms with Crippen molar-refractivity contribution in [3.63, 3.8) is 0 Å². The van der Waals surface area contributed by atoms with Crippen molar-refractivity contribution in [2.24, 2.45) is 0 Å². The summed E-state index contributed by atoms with van der Waals surface area (Å²) >= 11 is 6.14. The largest absolute Gasteiger partial charge is 0.352 e. The predicted octanol–water partition coefficient (Wildman–Crippen LogP) is 4.81. The third kappa shape index (κ3) is 7.92. The van der Waals surface area contributed by atoms with Crippen molar-refractivity contribution in [2.75, 3.05) is 17.1 Å². The van der Waals surface area contributed by atoms with Crippen molar-refractivity contribution in [2.45, 2.75) is 71.0 Å². The van der Waals surface area contributed by atoms with E-state index in [1.807, 2.05) is 6.92 Å². The summed E-state index contributed by atoms with van der Waals surface area (Å²) in [6.07, 6.45) is 6.38. The lowest BCUT2D eigenvalue weighted by Crippen LogP contribution is -2.54. The molecule has 2 aromatic carbocycles. The lowest BCUT2D eigenvalue weighted by Gasteiger charge is -2.34. The number of benzene rings is 2. The number of hydrogen-bond acceptors (Lipinski definition) is 4. The summed E-state index contributed by atoms with van der Waals surface area (Å²) in [5.41, 5.74) is 1.56. The fraction of sp³-hybridized carbons (Fsp3) is 0.481. The van der Waals surface area contributed by atoms with Crippen molar-refractivity contribution in [3.05, 3.63) is 64.4 Å². The Balaban J connectivity index is 1.93. The quantitative estimate of drug-likeness (QED) is 0.459. The molecule has 2 aromatic rings. The molecule has 0 spiro atoms. The van der Waals surface area contributed by atoms with E-state index in [-0.39, 0.29) is 18.5 Å². The van der Waals surface area contributed by atoms with Crippen molar-refractivity contribution in [1.29, 1.82) is 0 Å². The van der Waals surface area contributed by atoms with Gasteiger partial charge < -0.3 is 10.2 Å². The Kier molecular flexibility index (Phi) is 9.95. The Bertz CT molecular complexity index is 1200. The molecule has 1 saturated carbocycles. The first kappa shape index (κ1) is 28.9. The molecule has 0 heterocycles. The number of sulfonamides is 1. The number of carbonyl (C=O) groups excluding carboxylic acids is 2. The van der Waals surface area contributed by atoms with E-state index in [1.165, 1.54) is 23.1 Å². The minimum absolute atomic E-state index is 0.0296. The van der Waals surface area contributed by atoms with Crippen LogP contribution in [0.5, 0.6) is 0 Å². The number of hydrogen-bond donors (Lipinski definition) is 1. The maximum absolute atomic E-state index is 13.8. The van der Waals surface area contributed by atoms with Crippen LogP contribution >= 0.6 is 11.6 Å². The van der Waals surface area contributed by atoms with Crippen LogP contribution in [-0.2, 0) is 26.2 Å². The van der Waals surface area contributed by atoms with E-state index in [9.17, 15) is 22.4 Å². The van der Waals surface area contributed by atoms with Gasteiger partial charge in [0, 0.05) is 17.6 Å². The summed E-state index contributed by atoms with van der Waals surface area (Å²) in [5.74, 6) is -1.22. The number of rotatable bonds is 10. The molecular weight excluding hydrogens is 517 g/mol. The second-order valence-corrected chi connectivity index (χ2v) is 12.0. The van der Waals surface area contributed by atoms with Gasteiger partial charge in [0.25, 0.3) is 0 Å². The lowest BCUT2D eigenvalue weighted by molar-refractivity contribution is -0.140. The number of carbonyl (C=O) groups is 2. The summed E-state index contributed by atoms with van der Waals surface area (Å²) in [6, 6.07) is 9.75. The molecule has 202 valence electrons. The van der Waals surface area contributed by atoms with E-state index >= 15 is 0 Å². The fourth-order valence-corrected chi connectivity index (χ4v) is 5.76. The van der Waals surface area contributed by atoms with Crippen LogP contribution in [0.25, 0.3) is 0 Å². The molecule has 1 fully saturated rings. The minimum Gasteiger partial charge on any atom is -0.352 e. The SMILES string of the molecule is CC[C@@H](C(=O)NC1CCCCC1)N(Cc1ccc(F)cc1)C(=O)CN(c1cc(Cl)ccc1C)S(C)(=O)=O. The summed E-state index contributed by atoms with van der Waals surface area (Å²) in [5, 5.41) is 3.43. The van der Waals surface area contributed by atoms with Crippen LogP contribution in [0.1, 0.15) is 56.6 Å². The first-order valence-corrected chi connectivity index (χ1v) is 14.8. The van der Waals surface area contributed by atoms with Gasteiger partial charge >= 0.3 is 0 Å². The van der Waals surface area contributed by atoms with Crippen LogP contribution in [0, 0.1) is 12.7 Å². The highest BCUT2D eigenvalue weighted by molar-refractivity contribution is 7.92. The minimum atomic E-state index is -3.86. The number of aryl methyl sites for hydroxylation is 1. The maximum Gasteiger partial charge on any atom is 0.244 e. The molecular formula is C27H35ClFN3O4S. The zero-order valence-corrected chi connectivity index (χ0v) is 23.1. The fourth-order valence-electron chi connectivity index (χ4n) is 4.70. The smallest absolute Gasteiger partial charge is 0.244 e. The maximum atomic E-state index is 13.8. The molecule has 10 heteroatoms. The molecule has 0 aromatic heterocycles. The van der Waals surface area contributed by atoms with Crippen LogP contribution in [0.2, 0.25) is 5.02 Å². The molecule has 7 nitrogen and oxygen atoms in total. The Hall–Kier alpha value is -2.65. The monoisotopic (exact) mass is 551 g/mol. The van der Waals surface area contributed by atoms with Gasteiger partial charge in [0.1, 0.15) is 18.4 Å². The summed E-state index contributed by atoms with van der Waals surface area (Å²) < 4.78 is 40.1. The average Bonchev–Trinajstić information content (AvgIpc) is 2.85. The van der Waals surface area contributed by atoms with E-state index in [1.54, 1.807) is 31.2 Å². The van der Waals surface area contributed by atoms with Crippen molar-refractivity contribution in [3.8, 4) is 0 Å². The topological polar surface area (TPSA) is 86.8 Å². The molecule has 1 atom stereocenters. The van der Waals surface area contributed by atoms with Gasteiger partial charge in [0.2, 0.25) is 21.8 Å². The molecule has 1 aliphatic rings. The van der Waals surface area contributed by atoms with Gasteiger partial charge in [0.05, 0.1) is 11.9 Å².